The van der Waals surface area contributed by atoms with Crippen molar-refractivity contribution in [2.45, 2.75) is 19.4 Å². The smallest absolute Gasteiger partial charge is 0.261 e. The van der Waals surface area contributed by atoms with Gasteiger partial charge in [-0.3, -0.25) is 9.69 Å². The first-order chi connectivity index (χ1) is 14.7. The Bertz CT molecular complexity index is 1020. The van der Waals surface area contributed by atoms with Crippen molar-refractivity contribution >= 4 is 27.5 Å². The standard InChI is InChI=1S/C23H27N3O3S/c1-16-6-3-7-17(14-16)28-12-5-10-26-11-13-29-19(15-26)20-18-8-4-9-25-23(18)30-21(20)22(27)24-2/h3-4,6-9,14,19H,5,10-13,15H2,1-2H3,(H,24,27)/t19-/m0/s1. The van der Waals surface area contributed by atoms with Gasteiger partial charge in [-0.1, -0.05) is 18.2 Å². The van der Waals surface area contributed by atoms with Crippen LogP contribution in [0, 0.1) is 6.92 Å². The predicted molar refractivity (Wildman–Crippen MR) is 119 cm³/mol. The molecule has 0 saturated carbocycles. The molecule has 1 aliphatic heterocycles. The predicted octanol–water partition coefficient (Wildman–Crippen LogP) is 3.81. The van der Waals surface area contributed by atoms with Gasteiger partial charge in [0.15, 0.2) is 0 Å². The van der Waals surface area contributed by atoms with Gasteiger partial charge < -0.3 is 14.8 Å². The molecule has 0 spiro atoms. The summed E-state index contributed by atoms with van der Waals surface area (Å²) in [6.45, 7) is 5.97. The van der Waals surface area contributed by atoms with Gasteiger partial charge >= 0.3 is 0 Å². The number of morpholine rings is 1. The molecule has 1 saturated heterocycles. The monoisotopic (exact) mass is 425 g/mol. The third-order valence-electron chi connectivity index (χ3n) is 5.29. The number of carbonyl (C=O) groups excluding carboxylic acids is 1. The minimum Gasteiger partial charge on any atom is -0.494 e. The van der Waals surface area contributed by atoms with Crippen LogP contribution in [0.3, 0.4) is 0 Å². The maximum atomic E-state index is 12.5. The van der Waals surface area contributed by atoms with E-state index in [1.54, 1.807) is 13.2 Å². The number of hydrogen-bond acceptors (Lipinski definition) is 6. The highest BCUT2D eigenvalue weighted by Crippen LogP contribution is 2.37. The van der Waals surface area contributed by atoms with Crippen molar-refractivity contribution in [3.63, 3.8) is 0 Å². The summed E-state index contributed by atoms with van der Waals surface area (Å²) in [5.41, 5.74) is 2.16. The molecule has 0 unspecified atom stereocenters. The maximum absolute atomic E-state index is 12.5. The normalized spacial score (nSPS) is 17.2. The van der Waals surface area contributed by atoms with E-state index in [2.05, 4.69) is 34.3 Å². The number of aromatic nitrogens is 1. The number of aryl methyl sites for hydroxylation is 1. The Kier molecular flexibility index (Phi) is 6.62. The first-order valence-electron chi connectivity index (χ1n) is 10.3. The van der Waals surface area contributed by atoms with Crippen LogP contribution in [0.1, 0.15) is 33.3 Å². The van der Waals surface area contributed by atoms with Gasteiger partial charge in [-0.15, -0.1) is 11.3 Å². The van der Waals surface area contributed by atoms with Crippen LogP contribution in [0.15, 0.2) is 42.6 Å². The maximum Gasteiger partial charge on any atom is 0.261 e. The number of nitrogens with zero attached hydrogens (tertiary/aromatic N) is 2. The quantitative estimate of drug-likeness (QED) is 0.583. The van der Waals surface area contributed by atoms with Crippen molar-refractivity contribution in [3.8, 4) is 5.75 Å². The second-order valence-electron chi connectivity index (χ2n) is 7.46. The van der Waals surface area contributed by atoms with Crippen LogP contribution in [-0.4, -0.2) is 55.7 Å². The molecular weight excluding hydrogens is 398 g/mol. The van der Waals surface area contributed by atoms with Crippen molar-refractivity contribution in [1.82, 2.24) is 15.2 Å². The summed E-state index contributed by atoms with van der Waals surface area (Å²) < 4.78 is 12.0. The molecule has 158 valence electrons. The lowest BCUT2D eigenvalue weighted by Gasteiger charge is -2.33. The SMILES string of the molecule is CNC(=O)c1sc2ncccc2c1[C@@H]1CN(CCCOc2cccc(C)c2)CCO1. The summed E-state index contributed by atoms with van der Waals surface area (Å²) in [7, 11) is 1.66. The third kappa shape index (κ3) is 4.64. The molecule has 2 aromatic heterocycles. The van der Waals surface area contributed by atoms with Gasteiger partial charge in [0, 0.05) is 43.8 Å². The zero-order chi connectivity index (χ0) is 20.9. The van der Waals surface area contributed by atoms with Crippen LogP contribution in [0.25, 0.3) is 10.2 Å². The van der Waals surface area contributed by atoms with E-state index in [9.17, 15) is 4.79 Å². The Balaban J connectivity index is 1.41. The van der Waals surface area contributed by atoms with Crippen molar-refractivity contribution in [1.29, 1.82) is 0 Å². The van der Waals surface area contributed by atoms with Gasteiger partial charge in [0.1, 0.15) is 15.5 Å². The molecule has 30 heavy (non-hydrogen) atoms. The molecule has 0 bridgehead atoms. The molecular formula is C23H27N3O3S. The van der Waals surface area contributed by atoms with E-state index in [-0.39, 0.29) is 12.0 Å². The Morgan fingerprint density at radius 1 is 1.37 bits per heavy atom. The average molecular weight is 426 g/mol. The topological polar surface area (TPSA) is 63.7 Å². The van der Waals surface area contributed by atoms with Crippen LogP contribution in [-0.2, 0) is 4.74 Å². The molecule has 3 aromatic rings. The van der Waals surface area contributed by atoms with Crippen LogP contribution in [0.2, 0.25) is 0 Å². The van der Waals surface area contributed by atoms with Crippen LogP contribution in [0.4, 0.5) is 0 Å². The van der Waals surface area contributed by atoms with E-state index >= 15 is 0 Å². The van der Waals surface area contributed by atoms with E-state index in [0.717, 1.165) is 47.6 Å². The van der Waals surface area contributed by atoms with Gasteiger partial charge in [-0.05, 0) is 37.1 Å². The molecule has 1 atom stereocenters. The largest absolute Gasteiger partial charge is 0.494 e. The van der Waals surface area contributed by atoms with Crippen LogP contribution >= 0.6 is 11.3 Å². The van der Waals surface area contributed by atoms with E-state index in [4.69, 9.17) is 9.47 Å². The molecule has 1 aromatic carbocycles. The molecule has 1 amide bonds. The fourth-order valence-corrected chi connectivity index (χ4v) is 4.96. The zero-order valence-electron chi connectivity index (χ0n) is 17.4. The summed E-state index contributed by atoms with van der Waals surface area (Å²) in [5.74, 6) is 0.836. The number of rotatable bonds is 7. The van der Waals surface area contributed by atoms with Gasteiger partial charge in [-0.25, -0.2) is 4.98 Å². The minimum absolute atomic E-state index is 0.0831. The number of amides is 1. The number of benzene rings is 1. The average Bonchev–Trinajstić information content (AvgIpc) is 3.16. The third-order valence-corrected chi connectivity index (χ3v) is 6.42. The Hall–Kier alpha value is -2.48. The fraction of sp³-hybridized carbons (Fsp3) is 0.391. The van der Waals surface area contributed by atoms with Crippen molar-refractivity contribution in [2.24, 2.45) is 0 Å². The number of hydrogen-bond donors (Lipinski definition) is 1. The number of thiophene rings is 1. The lowest BCUT2D eigenvalue weighted by molar-refractivity contribution is -0.0304. The molecule has 1 aliphatic rings. The van der Waals surface area contributed by atoms with Crippen LogP contribution < -0.4 is 10.1 Å². The first-order valence-corrected chi connectivity index (χ1v) is 11.1. The summed E-state index contributed by atoms with van der Waals surface area (Å²) in [4.78, 5) is 20.9. The Labute approximate surface area is 180 Å². The molecule has 0 radical (unpaired) electrons. The number of carbonyl (C=O) groups is 1. The van der Waals surface area contributed by atoms with Gasteiger partial charge in [0.05, 0.1) is 19.3 Å². The van der Waals surface area contributed by atoms with Crippen molar-refractivity contribution in [2.75, 3.05) is 39.9 Å². The number of nitrogens with one attached hydrogen (secondary N) is 1. The molecule has 7 heteroatoms. The molecule has 0 aliphatic carbocycles. The van der Waals surface area contributed by atoms with E-state index < -0.39 is 0 Å². The van der Waals surface area contributed by atoms with E-state index in [0.29, 0.717) is 18.1 Å². The minimum atomic E-state index is -0.137. The first kappa shape index (κ1) is 20.8. The molecule has 3 heterocycles. The fourth-order valence-electron chi connectivity index (χ4n) is 3.82. The van der Waals surface area contributed by atoms with E-state index in [1.807, 2.05) is 24.3 Å². The van der Waals surface area contributed by atoms with Crippen molar-refractivity contribution in [3.05, 3.63) is 58.6 Å². The molecule has 6 nitrogen and oxygen atoms in total. The lowest BCUT2D eigenvalue weighted by atomic mass is 10.0. The molecule has 1 fully saturated rings. The van der Waals surface area contributed by atoms with Gasteiger partial charge in [0.2, 0.25) is 0 Å². The lowest BCUT2D eigenvalue weighted by Crippen LogP contribution is -2.39. The molecule has 4 rings (SSSR count). The number of fused-ring (bicyclic) bond motifs is 1. The summed E-state index contributed by atoms with van der Waals surface area (Å²) in [6.07, 6.45) is 2.56. The number of pyridine rings is 1. The highest BCUT2D eigenvalue weighted by Gasteiger charge is 2.29. The summed E-state index contributed by atoms with van der Waals surface area (Å²) >= 11 is 1.43. The Morgan fingerprint density at radius 2 is 2.27 bits per heavy atom. The van der Waals surface area contributed by atoms with Crippen LogP contribution in [0.5, 0.6) is 5.75 Å². The van der Waals surface area contributed by atoms with E-state index in [1.165, 1.54) is 16.9 Å². The second-order valence-corrected chi connectivity index (χ2v) is 8.46. The van der Waals surface area contributed by atoms with Crippen molar-refractivity contribution < 1.29 is 14.3 Å². The second kappa shape index (κ2) is 9.55. The highest BCUT2D eigenvalue weighted by molar-refractivity contribution is 7.20. The summed E-state index contributed by atoms with van der Waals surface area (Å²) in [5, 5.41) is 3.76. The highest BCUT2D eigenvalue weighted by atomic mass is 32.1. The number of ether oxygens (including phenoxy) is 2. The van der Waals surface area contributed by atoms with Gasteiger partial charge in [-0.2, -0.15) is 0 Å². The Morgan fingerprint density at radius 3 is 3.10 bits per heavy atom. The summed E-state index contributed by atoms with van der Waals surface area (Å²) in [6, 6.07) is 12.1. The molecule has 1 N–H and O–H groups in total. The van der Waals surface area contributed by atoms with Gasteiger partial charge in [0.25, 0.3) is 5.91 Å². The zero-order valence-corrected chi connectivity index (χ0v) is 18.2.